The lowest BCUT2D eigenvalue weighted by Crippen LogP contribution is -2.45. The summed E-state index contributed by atoms with van der Waals surface area (Å²) >= 11 is 0. The van der Waals surface area contributed by atoms with Crippen molar-refractivity contribution in [3.63, 3.8) is 0 Å². The zero-order valence-electron chi connectivity index (χ0n) is 15.4. The van der Waals surface area contributed by atoms with Crippen LogP contribution in [0.4, 0.5) is 4.39 Å². The van der Waals surface area contributed by atoms with Crippen molar-refractivity contribution in [2.45, 2.75) is 25.8 Å². The minimum Gasteiger partial charge on any atom is -0.464 e. The Bertz CT molecular complexity index is 772. The second-order valence-corrected chi connectivity index (χ2v) is 7.14. The van der Waals surface area contributed by atoms with E-state index in [1.165, 1.54) is 17.7 Å². The zero-order valence-corrected chi connectivity index (χ0v) is 15.4. The molecule has 27 heavy (non-hydrogen) atoms. The number of piperazine rings is 1. The Morgan fingerprint density at radius 1 is 1.00 bits per heavy atom. The van der Waals surface area contributed by atoms with Crippen LogP contribution < -0.4 is 0 Å². The standard InChI is InChI=1S/C22H25FN2O2/c23-20-8-6-19(7-9-20)15-24-10-12-25(13-11-24)22-17-26-16-21(27-22)14-18-4-2-1-3-5-18/h1-2,4,6-9,16-17H,3,5,10-15H2. The van der Waals surface area contributed by atoms with Crippen LogP contribution in [0.3, 0.4) is 0 Å². The summed E-state index contributed by atoms with van der Waals surface area (Å²) in [5.74, 6) is 1.47. The molecule has 2 aliphatic heterocycles. The highest BCUT2D eigenvalue weighted by atomic mass is 19.1. The molecule has 0 bridgehead atoms. The number of hydrogen-bond donors (Lipinski definition) is 0. The summed E-state index contributed by atoms with van der Waals surface area (Å²) in [4.78, 5) is 4.60. The third-order valence-corrected chi connectivity index (χ3v) is 5.11. The summed E-state index contributed by atoms with van der Waals surface area (Å²) in [5, 5.41) is 0. The molecule has 0 radical (unpaired) electrons. The Morgan fingerprint density at radius 3 is 2.56 bits per heavy atom. The predicted molar refractivity (Wildman–Crippen MR) is 103 cm³/mol. The number of allylic oxidation sites excluding steroid dienone is 4. The van der Waals surface area contributed by atoms with Gasteiger partial charge in [0.1, 0.15) is 17.8 Å². The van der Waals surface area contributed by atoms with Crippen LogP contribution in [0.15, 0.2) is 72.2 Å². The SMILES string of the molecule is Fc1ccc(CN2CCN(C3=COC=C(CC4=CC=CCC4)O3)CC2)cc1. The molecule has 0 unspecified atom stereocenters. The van der Waals surface area contributed by atoms with Gasteiger partial charge in [-0.25, -0.2) is 4.39 Å². The number of nitrogens with zero attached hydrogens (tertiary/aromatic N) is 2. The molecule has 0 N–H and O–H groups in total. The van der Waals surface area contributed by atoms with Gasteiger partial charge in [0.15, 0.2) is 6.26 Å². The van der Waals surface area contributed by atoms with Gasteiger partial charge in [0.25, 0.3) is 0 Å². The van der Waals surface area contributed by atoms with Crippen molar-refractivity contribution in [2.75, 3.05) is 26.2 Å². The Balaban J connectivity index is 1.26. The van der Waals surface area contributed by atoms with E-state index in [0.717, 1.165) is 69.2 Å². The number of benzene rings is 1. The minimum absolute atomic E-state index is 0.186. The molecule has 1 aromatic carbocycles. The monoisotopic (exact) mass is 368 g/mol. The van der Waals surface area contributed by atoms with Gasteiger partial charge >= 0.3 is 0 Å². The molecular weight excluding hydrogens is 343 g/mol. The van der Waals surface area contributed by atoms with Crippen molar-refractivity contribution in [2.24, 2.45) is 0 Å². The van der Waals surface area contributed by atoms with Gasteiger partial charge in [0, 0.05) is 39.1 Å². The highest BCUT2D eigenvalue weighted by Crippen LogP contribution is 2.26. The molecule has 4 nitrogen and oxygen atoms in total. The van der Waals surface area contributed by atoms with Crippen molar-refractivity contribution in [1.82, 2.24) is 9.80 Å². The highest BCUT2D eigenvalue weighted by Gasteiger charge is 2.23. The van der Waals surface area contributed by atoms with E-state index in [2.05, 4.69) is 28.0 Å². The second-order valence-electron chi connectivity index (χ2n) is 7.14. The molecule has 1 aromatic rings. The zero-order chi connectivity index (χ0) is 18.5. The molecule has 142 valence electrons. The van der Waals surface area contributed by atoms with Crippen LogP contribution in [0, 0.1) is 5.82 Å². The van der Waals surface area contributed by atoms with Gasteiger partial charge in [-0.3, -0.25) is 4.90 Å². The first-order chi connectivity index (χ1) is 13.3. The maximum absolute atomic E-state index is 13.0. The Morgan fingerprint density at radius 2 is 1.81 bits per heavy atom. The number of rotatable bonds is 5. The summed E-state index contributed by atoms with van der Waals surface area (Å²) in [5.41, 5.74) is 2.51. The van der Waals surface area contributed by atoms with Crippen LogP contribution in [0.25, 0.3) is 0 Å². The van der Waals surface area contributed by atoms with E-state index >= 15 is 0 Å². The molecule has 0 aromatic heterocycles. The van der Waals surface area contributed by atoms with Crippen LogP contribution in [-0.4, -0.2) is 36.0 Å². The highest BCUT2D eigenvalue weighted by molar-refractivity contribution is 5.22. The summed E-state index contributed by atoms with van der Waals surface area (Å²) in [6, 6.07) is 6.76. The van der Waals surface area contributed by atoms with Crippen LogP contribution in [0.1, 0.15) is 24.8 Å². The van der Waals surface area contributed by atoms with Gasteiger partial charge in [-0.1, -0.05) is 35.9 Å². The van der Waals surface area contributed by atoms with E-state index in [4.69, 9.17) is 9.47 Å². The van der Waals surface area contributed by atoms with Gasteiger partial charge in [-0.05, 0) is 30.5 Å². The lowest BCUT2D eigenvalue weighted by Gasteiger charge is -2.37. The first-order valence-electron chi connectivity index (χ1n) is 9.55. The molecular formula is C22H25FN2O2. The fourth-order valence-corrected chi connectivity index (χ4v) is 3.57. The van der Waals surface area contributed by atoms with Crippen LogP contribution in [0.2, 0.25) is 0 Å². The average Bonchev–Trinajstić information content (AvgIpc) is 2.71. The van der Waals surface area contributed by atoms with Gasteiger partial charge in [-0.2, -0.15) is 0 Å². The van der Waals surface area contributed by atoms with Gasteiger partial charge < -0.3 is 14.4 Å². The summed E-state index contributed by atoms with van der Waals surface area (Å²) < 4.78 is 24.7. The van der Waals surface area contributed by atoms with Crippen LogP contribution in [0.5, 0.6) is 0 Å². The average molecular weight is 368 g/mol. The Labute approximate surface area is 159 Å². The molecule has 1 saturated heterocycles. The van der Waals surface area contributed by atoms with E-state index in [1.807, 2.05) is 12.1 Å². The molecule has 1 fully saturated rings. The normalized spacial score (nSPS) is 20.3. The minimum atomic E-state index is -0.186. The molecule has 3 aliphatic rings. The Hall–Kier alpha value is -2.53. The largest absolute Gasteiger partial charge is 0.464 e. The van der Waals surface area contributed by atoms with E-state index < -0.39 is 0 Å². The lowest BCUT2D eigenvalue weighted by molar-refractivity contribution is 0.0727. The number of hydrogen-bond acceptors (Lipinski definition) is 4. The van der Waals surface area contributed by atoms with Crippen LogP contribution >= 0.6 is 0 Å². The first-order valence-corrected chi connectivity index (χ1v) is 9.55. The van der Waals surface area contributed by atoms with Crippen molar-refractivity contribution < 1.29 is 13.9 Å². The Kier molecular flexibility index (Phi) is 5.58. The number of ether oxygens (including phenoxy) is 2. The van der Waals surface area contributed by atoms with E-state index in [1.54, 1.807) is 12.5 Å². The van der Waals surface area contributed by atoms with Crippen molar-refractivity contribution >= 4 is 0 Å². The first kappa shape index (κ1) is 17.9. The van der Waals surface area contributed by atoms with E-state index in [-0.39, 0.29) is 5.82 Å². The van der Waals surface area contributed by atoms with E-state index in [0.29, 0.717) is 0 Å². The second kappa shape index (κ2) is 8.44. The molecule has 5 heteroatoms. The molecule has 0 atom stereocenters. The van der Waals surface area contributed by atoms with Gasteiger partial charge in [-0.15, -0.1) is 0 Å². The molecule has 0 saturated carbocycles. The fraction of sp³-hybridized carbons (Fsp3) is 0.364. The third kappa shape index (κ3) is 4.80. The van der Waals surface area contributed by atoms with Crippen molar-refractivity contribution in [1.29, 1.82) is 0 Å². The van der Waals surface area contributed by atoms with Gasteiger partial charge in [0.2, 0.25) is 5.88 Å². The topological polar surface area (TPSA) is 24.9 Å². The molecule has 0 spiro atoms. The van der Waals surface area contributed by atoms with E-state index in [9.17, 15) is 4.39 Å². The molecule has 1 aliphatic carbocycles. The molecule has 0 amide bonds. The maximum Gasteiger partial charge on any atom is 0.231 e. The maximum atomic E-state index is 13.0. The lowest BCUT2D eigenvalue weighted by atomic mass is 10.0. The summed E-state index contributed by atoms with van der Waals surface area (Å²) in [6.45, 7) is 4.49. The summed E-state index contributed by atoms with van der Waals surface area (Å²) in [7, 11) is 0. The quantitative estimate of drug-likeness (QED) is 0.774. The van der Waals surface area contributed by atoms with Crippen molar-refractivity contribution in [3.8, 4) is 0 Å². The van der Waals surface area contributed by atoms with Gasteiger partial charge in [0.05, 0.1) is 0 Å². The third-order valence-electron chi connectivity index (χ3n) is 5.11. The molecule has 4 rings (SSSR count). The fourth-order valence-electron chi connectivity index (χ4n) is 3.57. The number of halogens is 1. The summed E-state index contributed by atoms with van der Waals surface area (Å²) in [6.07, 6.45) is 12.8. The van der Waals surface area contributed by atoms with Crippen LogP contribution in [-0.2, 0) is 16.0 Å². The smallest absolute Gasteiger partial charge is 0.231 e. The predicted octanol–water partition coefficient (Wildman–Crippen LogP) is 4.30. The van der Waals surface area contributed by atoms with Crippen molar-refractivity contribution in [3.05, 3.63) is 83.6 Å². The molecule has 2 heterocycles.